The molecule has 2 aromatic heterocycles. The molecule has 0 saturated carbocycles. The Kier molecular flexibility index (Phi) is 5.66. The molecule has 146 valence electrons. The fraction of sp³-hybridized carbons (Fsp3) is 0.100. The minimum absolute atomic E-state index is 0.0337. The van der Waals surface area contributed by atoms with E-state index in [-0.39, 0.29) is 24.1 Å². The van der Waals surface area contributed by atoms with Gasteiger partial charge in [0.05, 0.1) is 11.4 Å². The minimum Gasteiger partial charge on any atom is -0.455 e. The molecule has 0 bridgehead atoms. The normalized spacial score (nSPS) is 10.8. The zero-order chi connectivity index (χ0) is 20.1. The van der Waals surface area contributed by atoms with Crippen LogP contribution in [0.1, 0.15) is 5.89 Å². The van der Waals surface area contributed by atoms with Gasteiger partial charge in [-0.1, -0.05) is 36.0 Å². The first kappa shape index (κ1) is 18.9. The molecule has 0 saturated heterocycles. The van der Waals surface area contributed by atoms with Crippen LogP contribution in [0.3, 0.4) is 0 Å². The van der Waals surface area contributed by atoms with E-state index in [1.165, 1.54) is 23.9 Å². The molecule has 9 heteroatoms. The molecule has 0 fully saturated rings. The second kappa shape index (κ2) is 8.70. The summed E-state index contributed by atoms with van der Waals surface area (Å²) in [7, 11) is 0. The van der Waals surface area contributed by atoms with Gasteiger partial charge in [0, 0.05) is 18.0 Å². The largest absolute Gasteiger partial charge is 0.455 e. The predicted octanol–water partition coefficient (Wildman–Crippen LogP) is 3.90. The summed E-state index contributed by atoms with van der Waals surface area (Å²) in [5, 5.41) is 8.38. The highest BCUT2D eigenvalue weighted by atomic mass is 32.2. The third kappa shape index (κ3) is 4.69. The zero-order valence-electron chi connectivity index (χ0n) is 15.1. The highest BCUT2D eigenvalue weighted by molar-refractivity contribution is 7.99. The third-order valence-corrected chi connectivity index (χ3v) is 4.80. The van der Waals surface area contributed by atoms with E-state index in [1.54, 1.807) is 29.1 Å². The first-order valence-electron chi connectivity index (χ1n) is 8.64. The van der Waals surface area contributed by atoms with Crippen molar-refractivity contribution >= 4 is 17.7 Å². The molecule has 29 heavy (non-hydrogen) atoms. The number of esters is 1. The van der Waals surface area contributed by atoms with Crippen LogP contribution >= 0.6 is 11.8 Å². The monoisotopic (exact) mass is 410 g/mol. The van der Waals surface area contributed by atoms with E-state index in [9.17, 15) is 9.18 Å². The molecule has 0 N–H and O–H groups in total. The van der Waals surface area contributed by atoms with E-state index in [2.05, 4.69) is 15.2 Å². The summed E-state index contributed by atoms with van der Waals surface area (Å²) in [5.74, 6) is -0.192. The number of ether oxygens (including phenoxy) is 1. The van der Waals surface area contributed by atoms with Gasteiger partial charge in [0.25, 0.3) is 5.89 Å². The standard InChI is InChI=1S/C20H15FN4O3S/c21-15-7-4-8-16(11-15)25-10-9-22-20(25)29-13-18(26)27-12-17-23-24-19(28-17)14-5-2-1-3-6-14/h1-11H,12-13H2. The molecule has 0 unspecified atom stereocenters. The number of benzene rings is 2. The number of hydrogen-bond acceptors (Lipinski definition) is 7. The van der Waals surface area contributed by atoms with Gasteiger partial charge in [-0.2, -0.15) is 0 Å². The van der Waals surface area contributed by atoms with E-state index < -0.39 is 5.97 Å². The molecular formula is C20H15FN4O3S. The quantitative estimate of drug-likeness (QED) is 0.338. The summed E-state index contributed by atoms with van der Waals surface area (Å²) in [6.45, 7) is -0.114. The molecule has 0 radical (unpaired) electrons. The smallest absolute Gasteiger partial charge is 0.316 e. The van der Waals surface area contributed by atoms with Crippen molar-refractivity contribution in [3.63, 3.8) is 0 Å². The Labute approximate surface area is 169 Å². The molecule has 4 aromatic rings. The Morgan fingerprint density at radius 1 is 1.14 bits per heavy atom. The SMILES string of the molecule is O=C(CSc1nccn1-c1cccc(F)c1)OCc1nnc(-c2ccccc2)o1. The van der Waals surface area contributed by atoms with Gasteiger partial charge in [-0.25, -0.2) is 9.37 Å². The van der Waals surface area contributed by atoms with Crippen molar-refractivity contribution in [1.82, 2.24) is 19.7 Å². The average molecular weight is 410 g/mol. The summed E-state index contributed by atoms with van der Waals surface area (Å²) in [5.41, 5.74) is 1.41. The van der Waals surface area contributed by atoms with Crippen molar-refractivity contribution in [2.45, 2.75) is 11.8 Å². The van der Waals surface area contributed by atoms with Crippen LogP contribution < -0.4 is 0 Å². The van der Waals surface area contributed by atoms with E-state index in [4.69, 9.17) is 9.15 Å². The van der Waals surface area contributed by atoms with Crippen LogP contribution in [0.2, 0.25) is 0 Å². The first-order chi connectivity index (χ1) is 14.2. The molecule has 4 rings (SSSR count). The number of hydrogen-bond donors (Lipinski definition) is 0. The number of carbonyl (C=O) groups is 1. The molecular weight excluding hydrogens is 395 g/mol. The Morgan fingerprint density at radius 2 is 2.00 bits per heavy atom. The highest BCUT2D eigenvalue weighted by Gasteiger charge is 2.13. The second-order valence-corrected chi connectivity index (χ2v) is 6.82. The lowest BCUT2D eigenvalue weighted by molar-refractivity contribution is -0.142. The lowest BCUT2D eigenvalue weighted by Gasteiger charge is -2.07. The molecule has 0 amide bonds. The predicted molar refractivity (Wildman–Crippen MR) is 104 cm³/mol. The van der Waals surface area contributed by atoms with Crippen LogP contribution in [0.25, 0.3) is 17.1 Å². The summed E-state index contributed by atoms with van der Waals surface area (Å²) in [4.78, 5) is 16.3. The van der Waals surface area contributed by atoms with Gasteiger partial charge in [-0.3, -0.25) is 9.36 Å². The summed E-state index contributed by atoms with van der Waals surface area (Å²) in [6, 6.07) is 15.4. The first-order valence-corrected chi connectivity index (χ1v) is 9.63. The fourth-order valence-electron chi connectivity index (χ4n) is 2.54. The maximum Gasteiger partial charge on any atom is 0.316 e. The van der Waals surface area contributed by atoms with Crippen LogP contribution in [0.15, 0.2) is 76.6 Å². The van der Waals surface area contributed by atoms with Crippen molar-refractivity contribution in [2.75, 3.05) is 5.75 Å². The molecule has 0 aliphatic heterocycles. The average Bonchev–Trinajstić information content (AvgIpc) is 3.41. The minimum atomic E-state index is -0.455. The summed E-state index contributed by atoms with van der Waals surface area (Å²) < 4.78 is 25.8. The van der Waals surface area contributed by atoms with Crippen LogP contribution in [-0.2, 0) is 16.1 Å². The molecule has 0 spiro atoms. The maximum atomic E-state index is 13.4. The van der Waals surface area contributed by atoms with Gasteiger partial charge >= 0.3 is 5.97 Å². The van der Waals surface area contributed by atoms with E-state index in [0.29, 0.717) is 16.7 Å². The Bertz CT molecular complexity index is 1110. The van der Waals surface area contributed by atoms with Crippen molar-refractivity contribution in [3.05, 3.63) is 78.7 Å². The van der Waals surface area contributed by atoms with E-state index >= 15 is 0 Å². The number of imidazole rings is 1. The molecule has 2 aromatic carbocycles. The Balaban J connectivity index is 1.32. The second-order valence-electron chi connectivity index (χ2n) is 5.88. The number of carbonyl (C=O) groups excluding carboxylic acids is 1. The molecule has 0 atom stereocenters. The number of thioether (sulfide) groups is 1. The molecule has 0 aliphatic rings. The van der Waals surface area contributed by atoms with Gasteiger partial charge in [0.1, 0.15) is 5.82 Å². The van der Waals surface area contributed by atoms with Crippen molar-refractivity contribution in [1.29, 1.82) is 0 Å². The Morgan fingerprint density at radius 3 is 2.83 bits per heavy atom. The highest BCUT2D eigenvalue weighted by Crippen LogP contribution is 2.21. The number of halogens is 1. The zero-order valence-corrected chi connectivity index (χ0v) is 15.9. The lowest BCUT2D eigenvalue weighted by atomic mass is 10.2. The van der Waals surface area contributed by atoms with Crippen molar-refractivity contribution in [3.8, 4) is 17.1 Å². The van der Waals surface area contributed by atoms with Gasteiger partial charge in [-0.15, -0.1) is 10.2 Å². The summed E-state index contributed by atoms with van der Waals surface area (Å²) >= 11 is 1.19. The van der Waals surface area contributed by atoms with Crippen LogP contribution in [0.5, 0.6) is 0 Å². The Hall–Kier alpha value is -3.46. The number of rotatable bonds is 7. The maximum absolute atomic E-state index is 13.4. The topological polar surface area (TPSA) is 83.0 Å². The van der Waals surface area contributed by atoms with Gasteiger partial charge < -0.3 is 9.15 Å². The van der Waals surface area contributed by atoms with Crippen LogP contribution in [0, 0.1) is 5.82 Å². The molecule has 0 aliphatic carbocycles. The van der Waals surface area contributed by atoms with Gasteiger partial charge in [0.15, 0.2) is 11.8 Å². The van der Waals surface area contributed by atoms with Gasteiger partial charge in [0.2, 0.25) is 5.89 Å². The molecule has 2 heterocycles. The third-order valence-electron chi connectivity index (χ3n) is 3.86. The van der Waals surface area contributed by atoms with Gasteiger partial charge in [-0.05, 0) is 30.3 Å². The number of nitrogens with zero attached hydrogens (tertiary/aromatic N) is 4. The molecule has 7 nitrogen and oxygen atoms in total. The summed E-state index contributed by atoms with van der Waals surface area (Å²) in [6.07, 6.45) is 3.29. The lowest BCUT2D eigenvalue weighted by Crippen LogP contribution is -2.08. The van der Waals surface area contributed by atoms with E-state index in [0.717, 1.165) is 5.56 Å². The van der Waals surface area contributed by atoms with Crippen LogP contribution in [0.4, 0.5) is 4.39 Å². The number of aromatic nitrogens is 4. The van der Waals surface area contributed by atoms with Crippen molar-refractivity contribution < 1.29 is 18.3 Å². The van der Waals surface area contributed by atoms with Crippen LogP contribution in [-0.4, -0.2) is 31.5 Å². The van der Waals surface area contributed by atoms with E-state index in [1.807, 2.05) is 30.3 Å². The fourth-order valence-corrected chi connectivity index (χ4v) is 3.31. The van der Waals surface area contributed by atoms with Crippen molar-refractivity contribution in [2.24, 2.45) is 0 Å².